The largest absolute Gasteiger partial charge is 0.370 e. The average molecular weight is 419 g/mol. The molecule has 0 unspecified atom stereocenters. The van der Waals surface area contributed by atoms with Gasteiger partial charge in [-0.15, -0.1) is 0 Å². The maximum absolute atomic E-state index is 13.9. The summed E-state index contributed by atoms with van der Waals surface area (Å²) in [7, 11) is 0. The summed E-state index contributed by atoms with van der Waals surface area (Å²) in [5.41, 5.74) is -0.110. The van der Waals surface area contributed by atoms with E-state index in [1.165, 1.54) is 0 Å². The molecule has 0 aliphatic heterocycles. The maximum Gasteiger partial charge on any atom is 0.275 e. The molecule has 30 heavy (non-hydrogen) atoms. The van der Waals surface area contributed by atoms with Crippen molar-refractivity contribution in [2.45, 2.75) is 59.0 Å². The zero-order chi connectivity index (χ0) is 22.1. The summed E-state index contributed by atoms with van der Waals surface area (Å²) in [6.45, 7) is 11.0. The van der Waals surface area contributed by atoms with Crippen LogP contribution in [0.2, 0.25) is 0 Å². The summed E-state index contributed by atoms with van der Waals surface area (Å²) in [6, 6.07) is 1.90. The molecule has 3 aromatic rings. The predicted octanol–water partition coefficient (Wildman–Crippen LogP) is 3.92. The first-order valence-corrected chi connectivity index (χ1v) is 9.77. The number of aromatic nitrogens is 7. The van der Waals surface area contributed by atoms with Gasteiger partial charge in [-0.25, -0.2) is 18.4 Å². The van der Waals surface area contributed by atoms with Crippen LogP contribution in [0.4, 0.5) is 26.4 Å². The first-order chi connectivity index (χ1) is 14.0. The van der Waals surface area contributed by atoms with E-state index in [0.717, 1.165) is 18.8 Å². The molecular formula is C19H27F2N9. The van der Waals surface area contributed by atoms with Gasteiger partial charge in [0, 0.05) is 31.8 Å². The van der Waals surface area contributed by atoms with Gasteiger partial charge in [0.1, 0.15) is 17.2 Å². The molecule has 0 saturated heterocycles. The van der Waals surface area contributed by atoms with Gasteiger partial charge < -0.3 is 10.6 Å². The molecule has 0 aromatic carbocycles. The zero-order valence-electron chi connectivity index (χ0n) is 18.0. The van der Waals surface area contributed by atoms with Crippen LogP contribution in [0, 0.1) is 0 Å². The van der Waals surface area contributed by atoms with Gasteiger partial charge in [0.2, 0.25) is 5.95 Å². The van der Waals surface area contributed by atoms with Crippen molar-refractivity contribution < 1.29 is 8.78 Å². The molecule has 0 atom stereocenters. The quantitative estimate of drug-likeness (QED) is 0.571. The van der Waals surface area contributed by atoms with Gasteiger partial charge >= 0.3 is 0 Å². The monoisotopic (exact) mass is 419 g/mol. The van der Waals surface area contributed by atoms with Gasteiger partial charge in [-0.3, -0.25) is 0 Å². The van der Waals surface area contributed by atoms with Crippen LogP contribution < -0.4 is 10.6 Å². The fourth-order valence-electron chi connectivity index (χ4n) is 2.97. The Morgan fingerprint density at radius 3 is 2.37 bits per heavy atom. The molecule has 0 amide bonds. The Labute approximate surface area is 173 Å². The third kappa shape index (κ3) is 4.24. The zero-order valence-corrected chi connectivity index (χ0v) is 18.0. The van der Waals surface area contributed by atoms with Gasteiger partial charge in [0.25, 0.3) is 5.92 Å². The lowest BCUT2D eigenvalue weighted by atomic mass is 10.0. The van der Waals surface area contributed by atoms with E-state index in [1.54, 1.807) is 21.9 Å². The molecule has 3 rings (SSSR count). The lowest BCUT2D eigenvalue weighted by Gasteiger charge is -2.21. The highest BCUT2D eigenvalue weighted by molar-refractivity contribution is 5.55. The van der Waals surface area contributed by atoms with E-state index < -0.39 is 11.5 Å². The Bertz CT molecular complexity index is 988. The number of hydrogen-bond acceptors (Lipinski definition) is 7. The molecule has 0 bridgehead atoms. The van der Waals surface area contributed by atoms with Crippen LogP contribution in [0.3, 0.4) is 0 Å². The fourth-order valence-corrected chi connectivity index (χ4v) is 2.97. The Kier molecular flexibility index (Phi) is 5.73. The minimum atomic E-state index is -3.05. The Hall–Kier alpha value is -3.11. The summed E-state index contributed by atoms with van der Waals surface area (Å²) >= 11 is 0. The molecular weight excluding hydrogens is 392 g/mol. The molecule has 0 spiro atoms. The number of nitrogens with one attached hydrogen (secondary N) is 2. The van der Waals surface area contributed by atoms with Gasteiger partial charge in [-0.1, -0.05) is 0 Å². The van der Waals surface area contributed by atoms with Crippen molar-refractivity contribution in [1.29, 1.82) is 0 Å². The Balaban J connectivity index is 1.98. The molecule has 3 aromatic heterocycles. The van der Waals surface area contributed by atoms with Crippen molar-refractivity contribution in [1.82, 2.24) is 34.7 Å². The van der Waals surface area contributed by atoms with Crippen LogP contribution in [0.1, 0.15) is 58.8 Å². The molecule has 0 radical (unpaired) electrons. The first kappa shape index (κ1) is 21.6. The van der Waals surface area contributed by atoms with E-state index in [2.05, 4.69) is 30.8 Å². The van der Waals surface area contributed by atoms with E-state index in [-0.39, 0.29) is 23.4 Å². The topological polar surface area (TPSA) is 98.4 Å². The van der Waals surface area contributed by atoms with E-state index in [0.29, 0.717) is 12.4 Å². The molecule has 11 heteroatoms. The smallest absolute Gasteiger partial charge is 0.275 e. The van der Waals surface area contributed by atoms with Crippen LogP contribution >= 0.6 is 0 Å². The third-order valence-corrected chi connectivity index (χ3v) is 4.62. The average Bonchev–Trinajstić information content (AvgIpc) is 3.32. The molecule has 9 nitrogen and oxygen atoms in total. The SMILES string of the molecule is CCNc1nc(Nc2cc(C(C)(C)n3nccn3)nn2C(C)C)ncc1C(C)(F)F. The Morgan fingerprint density at radius 2 is 1.80 bits per heavy atom. The van der Waals surface area contributed by atoms with Crippen LogP contribution in [0.15, 0.2) is 24.7 Å². The summed E-state index contributed by atoms with van der Waals surface area (Å²) in [5.74, 6) is -2.12. The van der Waals surface area contributed by atoms with Crippen molar-refractivity contribution in [3.05, 3.63) is 35.9 Å². The molecule has 0 fully saturated rings. The number of halogens is 2. The van der Waals surface area contributed by atoms with Gasteiger partial charge in [-0.05, 0) is 34.6 Å². The summed E-state index contributed by atoms with van der Waals surface area (Å²) in [6.07, 6.45) is 4.37. The third-order valence-electron chi connectivity index (χ3n) is 4.62. The molecule has 3 heterocycles. The first-order valence-electron chi connectivity index (χ1n) is 9.77. The number of nitrogens with zero attached hydrogens (tertiary/aromatic N) is 7. The van der Waals surface area contributed by atoms with E-state index >= 15 is 0 Å². The number of rotatable bonds is 8. The maximum atomic E-state index is 13.9. The van der Waals surface area contributed by atoms with Crippen molar-refractivity contribution >= 4 is 17.6 Å². The van der Waals surface area contributed by atoms with Gasteiger partial charge in [0.05, 0.1) is 23.7 Å². The number of anilines is 3. The Morgan fingerprint density at radius 1 is 1.13 bits per heavy atom. The van der Waals surface area contributed by atoms with Crippen molar-refractivity contribution in [3.63, 3.8) is 0 Å². The molecule has 0 aliphatic rings. The molecule has 0 saturated carbocycles. The van der Waals surface area contributed by atoms with E-state index in [9.17, 15) is 8.78 Å². The number of alkyl halides is 2. The highest BCUT2D eigenvalue weighted by Crippen LogP contribution is 2.33. The molecule has 162 valence electrons. The van der Waals surface area contributed by atoms with Crippen molar-refractivity contribution in [2.75, 3.05) is 17.2 Å². The van der Waals surface area contributed by atoms with Crippen LogP contribution in [-0.4, -0.2) is 41.3 Å². The summed E-state index contributed by atoms with van der Waals surface area (Å²) < 4.78 is 29.5. The lowest BCUT2D eigenvalue weighted by molar-refractivity contribution is 0.0176. The minimum absolute atomic E-state index is 0.0371. The fraction of sp³-hybridized carbons (Fsp3) is 0.526. The van der Waals surface area contributed by atoms with Crippen molar-refractivity contribution in [3.8, 4) is 0 Å². The van der Waals surface area contributed by atoms with E-state index in [1.807, 2.05) is 40.7 Å². The highest BCUT2D eigenvalue weighted by atomic mass is 19.3. The van der Waals surface area contributed by atoms with Gasteiger partial charge in [-0.2, -0.15) is 25.1 Å². The number of hydrogen-bond donors (Lipinski definition) is 2. The van der Waals surface area contributed by atoms with E-state index in [4.69, 9.17) is 5.10 Å². The standard InChI is InChI=1S/C19H27F2N9/c1-7-22-16-13(19(6,20)21)11-23-17(27-16)26-15-10-14(28-29(15)12(2)3)18(4,5)30-24-8-9-25-30/h8-12H,7H2,1-6H3,(H2,22,23,26,27). The summed E-state index contributed by atoms with van der Waals surface area (Å²) in [4.78, 5) is 9.94. The van der Waals surface area contributed by atoms with Crippen LogP contribution in [-0.2, 0) is 11.5 Å². The molecule has 0 aliphatic carbocycles. The second-order valence-corrected chi connectivity index (χ2v) is 7.83. The lowest BCUT2D eigenvalue weighted by Crippen LogP contribution is -2.30. The second-order valence-electron chi connectivity index (χ2n) is 7.83. The van der Waals surface area contributed by atoms with Crippen LogP contribution in [0.25, 0.3) is 0 Å². The van der Waals surface area contributed by atoms with Crippen LogP contribution in [0.5, 0.6) is 0 Å². The normalized spacial score (nSPS) is 12.4. The van der Waals surface area contributed by atoms with Crippen molar-refractivity contribution in [2.24, 2.45) is 0 Å². The molecule has 2 N–H and O–H groups in total. The minimum Gasteiger partial charge on any atom is -0.370 e. The highest BCUT2D eigenvalue weighted by Gasteiger charge is 2.31. The second kappa shape index (κ2) is 7.96. The summed E-state index contributed by atoms with van der Waals surface area (Å²) in [5, 5.41) is 19.2. The predicted molar refractivity (Wildman–Crippen MR) is 110 cm³/mol. The van der Waals surface area contributed by atoms with Gasteiger partial charge in [0.15, 0.2) is 0 Å².